The predicted molar refractivity (Wildman–Crippen MR) is 98.0 cm³/mol. The molecular weight excluding hydrogens is 373 g/mol. The number of hydrogen-bond donors (Lipinski definition) is 2. The summed E-state index contributed by atoms with van der Waals surface area (Å²) in [7, 11) is 0. The Kier molecular flexibility index (Phi) is 5.66. The van der Waals surface area contributed by atoms with Gasteiger partial charge in [0.25, 0.3) is 0 Å². The van der Waals surface area contributed by atoms with Crippen molar-refractivity contribution < 1.29 is 18.0 Å². The van der Waals surface area contributed by atoms with E-state index < -0.39 is 11.9 Å². The van der Waals surface area contributed by atoms with E-state index in [0.717, 1.165) is 18.3 Å². The fraction of sp³-hybridized carbons (Fsp3) is 0.611. The van der Waals surface area contributed by atoms with Gasteiger partial charge in [0.05, 0.1) is 0 Å². The van der Waals surface area contributed by atoms with Gasteiger partial charge < -0.3 is 9.88 Å². The molecule has 0 saturated carbocycles. The van der Waals surface area contributed by atoms with E-state index >= 15 is 0 Å². The molecule has 0 saturated heterocycles. The Morgan fingerprint density at radius 2 is 2.18 bits per heavy atom. The monoisotopic (exact) mass is 398 g/mol. The minimum atomic E-state index is -4.44. The summed E-state index contributed by atoms with van der Waals surface area (Å²) in [4.78, 5) is 15.8. The first kappa shape index (κ1) is 20.2. The molecule has 1 aliphatic rings. The smallest absolute Gasteiger partial charge is 0.337 e. The van der Waals surface area contributed by atoms with Gasteiger partial charge in [-0.2, -0.15) is 18.3 Å². The van der Waals surface area contributed by atoms with E-state index in [2.05, 4.69) is 34.6 Å². The Hall–Kier alpha value is -2.52. The van der Waals surface area contributed by atoms with E-state index in [1.54, 1.807) is 0 Å². The lowest BCUT2D eigenvalue weighted by Gasteiger charge is -2.23. The van der Waals surface area contributed by atoms with E-state index in [-0.39, 0.29) is 18.0 Å². The molecule has 2 atom stereocenters. The maximum absolute atomic E-state index is 12.8. The highest BCUT2D eigenvalue weighted by atomic mass is 19.4. The number of urea groups is 1. The van der Waals surface area contributed by atoms with Crippen LogP contribution in [0.1, 0.15) is 49.9 Å². The third-order valence-corrected chi connectivity index (χ3v) is 5.10. The number of nitrogens with zero attached hydrogens (tertiary/aromatic N) is 4. The van der Waals surface area contributed by atoms with Gasteiger partial charge in [-0.25, -0.2) is 9.78 Å². The van der Waals surface area contributed by atoms with E-state index in [1.165, 1.54) is 4.57 Å². The largest absolute Gasteiger partial charge is 0.434 e. The number of rotatable bonds is 5. The van der Waals surface area contributed by atoms with Crippen LogP contribution in [0.25, 0.3) is 0 Å². The maximum Gasteiger partial charge on any atom is 0.434 e. The van der Waals surface area contributed by atoms with Gasteiger partial charge in [-0.05, 0) is 32.6 Å². The Labute approximate surface area is 161 Å². The van der Waals surface area contributed by atoms with Crippen LogP contribution in [0.2, 0.25) is 0 Å². The van der Waals surface area contributed by atoms with Gasteiger partial charge in [-0.1, -0.05) is 6.92 Å². The van der Waals surface area contributed by atoms with Gasteiger partial charge in [-0.15, -0.1) is 0 Å². The van der Waals surface area contributed by atoms with E-state index in [1.807, 2.05) is 17.7 Å². The van der Waals surface area contributed by atoms with E-state index in [9.17, 15) is 18.0 Å². The third-order valence-electron chi connectivity index (χ3n) is 5.10. The molecule has 0 bridgehead atoms. The first-order valence-corrected chi connectivity index (χ1v) is 9.41. The Morgan fingerprint density at radius 3 is 2.86 bits per heavy atom. The zero-order chi connectivity index (χ0) is 20.5. The summed E-state index contributed by atoms with van der Waals surface area (Å²) in [5.74, 6) is 0.970. The molecule has 10 heteroatoms. The molecule has 2 aromatic rings. The van der Waals surface area contributed by atoms with Gasteiger partial charge in [0.1, 0.15) is 5.82 Å². The lowest BCUT2D eigenvalue weighted by Crippen LogP contribution is -2.36. The highest BCUT2D eigenvalue weighted by Crippen LogP contribution is 2.30. The van der Waals surface area contributed by atoms with Crippen molar-refractivity contribution >= 4 is 11.8 Å². The quantitative estimate of drug-likeness (QED) is 0.805. The molecule has 154 valence electrons. The lowest BCUT2D eigenvalue weighted by atomic mass is 9.99. The number of nitrogens with one attached hydrogen (secondary N) is 2. The van der Waals surface area contributed by atoms with E-state index in [4.69, 9.17) is 0 Å². The third kappa shape index (κ3) is 4.48. The van der Waals surface area contributed by atoms with Crippen LogP contribution < -0.4 is 10.6 Å². The van der Waals surface area contributed by atoms with Gasteiger partial charge >= 0.3 is 12.2 Å². The van der Waals surface area contributed by atoms with Crippen molar-refractivity contribution in [2.45, 2.75) is 58.8 Å². The molecule has 28 heavy (non-hydrogen) atoms. The van der Waals surface area contributed by atoms with Crippen molar-refractivity contribution in [1.29, 1.82) is 0 Å². The molecule has 2 unspecified atom stereocenters. The zero-order valence-corrected chi connectivity index (χ0v) is 16.2. The molecule has 2 amide bonds. The second kappa shape index (κ2) is 7.84. The van der Waals surface area contributed by atoms with Crippen LogP contribution in [0.15, 0.2) is 12.3 Å². The highest BCUT2D eigenvalue weighted by molar-refractivity contribution is 5.88. The summed E-state index contributed by atoms with van der Waals surface area (Å²) in [6.45, 7) is 6.83. The summed E-state index contributed by atoms with van der Waals surface area (Å²) < 4.78 is 41.8. The standard InChI is InChI=1S/C18H25F3N6O/c1-4-11(2)27-12(3)7-15(25-27)24-17(28)22-8-13-5-6-16-23-14(18(19,20)21)10-26(16)9-13/h7,10-11,13H,4-6,8-9H2,1-3H3,(H2,22,24,25,28). The molecule has 2 N–H and O–H groups in total. The van der Waals surface area contributed by atoms with Crippen LogP contribution in [0.5, 0.6) is 0 Å². The Bertz CT molecular complexity index is 841. The summed E-state index contributed by atoms with van der Waals surface area (Å²) in [5.41, 5.74) is 0.103. The number of amides is 2. The Morgan fingerprint density at radius 1 is 1.43 bits per heavy atom. The Balaban J connectivity index is 1.52. The topological polar surface area (TPSA) is 76.8 Å². The van der Waals surface area contributed by atoms with Gasteiger partial charge in [0, 0.05) is 43.5 Å². The minimum Gasteiger partial charge on any atom is -0.337 e. The van der Waals surface area contributed by atoms with Crippen LogP contribution in [0.4, 0.5) is 23.8 Å². The number of carbonyl (C=O) groups is 1. The summed E-state index contributed by atoms with van der Waals surface area (Å²) in [5, 5.41) is 9.90. The molecule has 0 aliphatic carbocycles. The van der Waals surface area contributed by atoms with Crippen molar-refractivity contribution in [2.24, 2.45) is 5.92 Å². The van der Waals surface area contributed by atoms with Gasteiger partial charge in [0.2, 0.25) is 0 Å². The fourth-order valence-corrected chi connectivity index (χ4v) is 3.38. The predicted octanol–water partition coefficient (Wildman–Crippen LogP) is 3.76. The van der Waals surface area contributed by atoms with Crippen molar-refractivity contribution in [1.82, 2.24) is 24.6 Å². The minimum absolute atomic E-state index is 0.0490. The van der Waals surface area contributed by atoms with Crippen molar-refractivity contribution in [3.8, 4) is 0 Å². The molecule has 0 spiro atoms. The molecule has 2 aromatic heterocycles. The molecule has 0 aromatic carbocycles. The number of imidazole rings is 1. The molecule has 3 heterocycles. The summed E-state index contributed by atoms with van der Waals surface area (Å²) in [6, 6.07) is 1.68. The molecule has 1 aliphatic heterocycles. The average molecular weight is 398 g/mol. The molecule has 7 nitrogen and oxygen atoms in total. The number of anilines is 1. The summed E-state index contributed by atoms with van der Waals surface area (Å²) in [6.07, 6.45) is -1.32. The first-order valence-electron chi connectivity index (χ1n) is 9.41. The van der Waals surface area contributed by atoms with Crippen molar-refractivity contribution in [2.75, 3.05) is 11.9 Å². The zero-order valence-electron chi connectivity index (χ0n) is 16.2. The second-order valence-corrected chi connectivity index (χ2v) is 7.31. The van der Waals surface area contributed by atoms with Crippen LogP contribution >= 0.6 is 0 Å². The number of aromatic nitrogens is 4. The number of hydrogen-bond acceptors (Lipinski definition) is 3. The number of alkyl halides is 3. The SMILES string of the molecule is CCC(C)n1nc(NC(=O)NCC2CCc3nc(C(F)(F)F)cn3C2)cc1C. The van der Waals surface area contributed by atoms with Gasteiger partial charge in [0.15, 0.2) is 11.5 Å². The lowest BCUT2D eigenvalue weighted by molar-refractivity contribution is -0.141. The molecule has 3 rings (SSSR count). The maximum atomic E-state index is 12.8. The van der Waals surface area contributed by atoms with Crippen LogP contribution in [0, 0.1) is 12.8 Å². The van der Waals surface area contributed by atoms with Crippen LogP contribution in [-0.2, 0) is 19.1 Å². The molecule has 0 fully saturated rings. The molecule has 0 radical (unpaired) electrons. The first-order chi connectivity index (χ1) is 13.2. The molecular formula is C18H25F3N6O. The van der Waals surface area contributed by atoms with Crippen LogP contribution in [0.3, 0.4) is 0 Å². The average Bonchev–Trinajstić information content (AvgIpc) is 3.22. The number of aryl methyl sites for hydroxylation is 2. The van der Waals surface area contributed by atoms with Crippen molar-refractivity contribution in [3.05, 3.63) is 29.5 Å². The summed E-state index contributed by atoms with van der Waals surface area (Å²) >= 11 is 0. The van der Waals surface area contributed by atoms with Crippen molar-refractivity contribution in [3.63, 3.8) is 0 Å². The number of fused-ring (bicyclic) bond motifs is 1. The van der Waals surface area contributed by atoms with Gasteiger partial charge in [-0.3, -0.25) is 10.00 Å². The van der Waals surface area contributed by atoms with E-state index in [0.29, 0.717) is 37.6 Å². The fourth-order valence-electron chi connectivity index (χ4n) is 3.38. The highest BCUT2D eigenvalue weighted by Gasteiger charge is 2.35. The normalized spacial score (nSPS) is 17.9. The second-order valence-electron chi connectivity index (χ2n) is 7.31. The number of halogens is 3. The van der Waals surface area contributed by atoms with Crippen LogP contribution in [-0.4, -0.2) is 31.9 Å². The number of carbonyl (C=O) groups excluding carboxylic acids is 1.